The van der Waals surface area contributed by atoms with Crippen molar-refractivity contribution in [3.8, 4) is 5.75 Å². The molecular formula is C31H31NO4. The van der Waals surface area contributed by atoms with Crippen LogP contribution in [0.1, 0.15) is 69.7 Å². The van der Waals surface area contributed by atoms with E-state index in [0.717, 1.165) is 28.0 Å². The van der Waals surface area contributed by atoms with Gasteiger partial charge in [0.2, 0.25) is 5.76 Å². The van der Waals surface area contributed by atoms with Crippen LogP contribution in [0.2, 0.25) is 0 Å². The van der Waals surface area contributed by atoms with Gasteiger partial charge in [-0.2, -0.15) is 0 Å². The van der Waals surface area contributed by atoms with E-state index in [0.29, 0.717) is 35.4 Å². The number of amides is 1. The molecule has 0 bridgehead atoms. The molecule has 5 heteroatoms. The average Bonchev–Trinajstić information content (AvgIpc) is 3.16. The van der Waals surface area contributed by atoms with Crippen LogP contribution in [-0.2, 0) is 6.42 Å². The molecule has 0 radical (unpaired) electrons. The summed E-state index contributed by atoms with van der Waals surface area (Å²) in [7, 11) is 1.64. The molecule has 5 rings (SSSR count). The van der Waals surface area contributed by atoms with Crippen molar-refractivity contribution in [3.05, 3.63) is 110 Å². The largest absolute Gasteiger partial charge is 0.497 e. The molecule has 1 aliphatic rings. The van der Waals surface area contributed by atoms with Crippen molar-refractivity contribution in [2.45, 2.75) is 46.1 Å². The summed E-state index contributed by atoms with van der Waals surface area (Å²) >= 11 is 0. The Hall–Kier alpha value is -3.86. The predicted molar refractivity (Wildman–Crippen MR) is 142 cm³/mol. The second kappa shape index (κ2) is 9.30. The van der Waals surface area contributed by atoms with E-state index in [1.165, 1.54) is 5.56 Å². The minimum absolute atomic E-state index is 0.132. The Morgan fingerprint density at radius 1 is 0.944 bits per heavy atom. The molecular weight excluding hydrogens is 450 g/mol. The van der Waals surface area contributed by atoms with Crippen LogP contribution in [-0.4, -0.2) is 24.5 Å². The minimum Gasteiger partial charge on any atom is -0.497 e. The molecule has 2 heterocycles. The molecule has 0 aliphatic carbocycles. The fourth-order valence-corrected chi connectivity index (χ4v) is 4.96. The second-order valence-corrected chi connectivity index (χ2v) is 9.93. The normalized spacial score (nSPS) is 15.1. The maximum absolute atomic E-state index is 13.8. The van der Waals surface area contributed by atoms with Gasteiger partial charge in [-0.1, -0.05) is 50.2 Å². The van der Waals surface area contributed by atoms with Crippen molar-refractivity contribution in [3.63, 3.8) is 0 Å². The van der Waals surface area contributed by atoms with E-state index in [2.05, 4.69) is 26.0 Å². The molecule has 1 aromatic heterocycles. The van der Waals surface area contributed by atoms with Crippen LogP contribution < -0.4 is 10.2 Å². The van der Waals surface area contributed by atoms with Crippen molar-refractivity contribution in [1.29, 1.82) is 0 Å². The average molecular weight is 482 g/mol. The maximum atomic E-state index is 13.8. The van der Waals surface area contributed by atoms with Gasteiger partial charge in [-0.3, -0.25) is 9.59 Å². The number of fused-ring (bicyclic) bond motifs is 2. The Labute approximate surface area is 211 Å². The zero-order chi connectivity index (χ0) is 25.6. The lowest BCUT2D eigenvalue weighted by atomic mass is 9.94. The molecule has 0 fully saturated rings. The van der Waals surface area contributed by atoms with Crippen molar-refractivity contribution in [2.24, 2.45) is 0 Å². The molecule has 1 aliphatic heterocycles. The van der Waals surface area contributed by atoms with Crippen LogP contribution in [0.25, 0.3) is 11.0 Å². The van der Waals surface area contributed by atoms with Crippen LogP contribution in [0.5, 0.6) is 5.75 Å². The Morgan fingerprint density at radius 3 is 2.25 bits per heavy atom. The summed E-state index contributed by atoms with van der Waals surface area (Å²) in [6.45, 7) is 8.71. The Balaban J connectivity index is 1.61. The molecule has 0 spiro atoms. The highest BCUT2D eigenvalue weighted by atomic mass is 16.5. The zero-order valence-corrected chi connectivity index (χ0v) is 21.4. The third-order valence-electron chi connectivity index (χ3n) is 7.30. The van der Waals surface area contributed by atoms with Gasteiger partial charge >= 0.3 is 0 Å². The van der Waals surface area contributed by atoms with E-state index in [-0.39, 0.29) is 17.1 Å². The van der Waals surface area contributed by atoms with Gasteiger partial charge in [-0.15, -0.1) is 0 Å². The number of hydrogen-bond acceptors (Lipinski definition) is 4. The molecule has 0 N–H and O–H groups in total. The first-order valence-electron chi connectivity index (χ1n) is 12.4. The number of rotatable bonds is 6. The molecule has 184 valence electrons. The van der Waals surface area contributed by atoms with Crippen LogP contribution in [0.15, 0.2) is 69.9 Å². The zero-order valence-electron chi connectivity index (χ0n) is 21.4. The first-order chi connectivity index (χ1) is 17.3. The predicted octanol–water partition coefficient (Wildman–Crippen LogP) is 6.33. The van der Waals surface area contributed by atoms with E-state index in [1.807, 2.05) is 62.4 Å². The first kappa shape index (κ1) is 23.9. The number of carbonyl (C=O) groups excluding carboxylic acids is 1. The summed E-state index contributed by atoms with van der Waals surface area (Å²) < 4.78 is 11.4. The quantitative estimate of drug-likeness (QED) is 0.323. The van der Waals surface area contributed by atoms with E-state index in [1.54, 1.807) is 12.0 Å². The van der Waals surface area contributed by atoms with E-state index in [4.69, 9.17) is 9.15 Å². The Morgan fingerprint density at radius 2 is 1.61 bits per heavy atom. The third-order valence-corrected chi connectivity index (χ3v) is 7.30. The van der Waals surface area contributed by atoms with E-state index >= 15 is 0 Å². The number of ether oxygens (including phenoxy) is 1. The van der Waals surface area contributed by atoms with Crippen LogP contribution in [0.4, 0.5) is 0 Å². The van der Waals surface area contributed by atoms with E-state index in [9.17, 15) is 9.59 Å². The molecule has 0 unspecified atom stereocenters. The van der Waals surface area contributed by atoms with Gasteiger partial charge in [-0.05, 0) is 78.3 Å². The number of methoxy groups -OCH3 is 1. The topological polar surface area (TPSA) is 59.8 Å². The van der Waals surface area contributed by atoms with Gasteiger partial charge in [0.05, 0.1) is 24.1 Å². The number of aryl methyl sites for hydroxylation is 2. The lowest BCUT2D eigenvalue weighted by Crippen LogP contribution is -2.31. The van der Waals surface area contributed by atoms with Gasteiger partial charge in [0.25, 0.3) is 5.91 Å². The van der Waals surface area contributed by atoms with Crippen LogP contribution in [0.3, 0.4) is 0 Å². The lowest BCUT2D eigenvalue weighted by molar-refractivity contribution is 0.0730. The number of carbonyl (C=O) groups is 1. The van der Waals surface area contributed by atoms with Gasteiger partial charge in [0.1, 0.15) is 11.3 Å². The molecule has 4 aromatic rings. The maximum Gasteiger partial charge on any atom is 0.290 e. The van der Waals surface area contributed by atoms with Gasteiger partial charge in [-0.25, -0.2) is 0 Å². The second-order valence-electron chi connectivity index (χ2n) is 9.93. The third kappa shape index (κ3) is 4.09. The Kier molecular flexibility index (Phi) is 6.17. The minimum atomic E-state index is -0.491. The van der Waals surface area contributed by atoms with E-state index < -0.39 is 6.04 Å². The highest BCUT2D eigenvalue weighted by Crippen LogP contribution is 2.39. The fourth-order valence-electron chi connectivity index (χ4n) is 4.96. The summed E-state index contributed by atoms with van der Waals surface area (Å²) in [6, 6.07) is 19.3. The molecule has 0 saturated carbocycles. The van der Waals surface area contributed by atoms with Crippen molar-refractivity contribution < 1.29 is 13.9 Å². The summed E-state index contributed by atoms with van der Waals surface area (Å²) in [6.07, 6.45) is 0.649. The smallest absolute Gasteiger partial charge is 0.290 e. The van der Waals surface area contributed by atoms with Gasteiger partial charge in [0.15, 0.2) is 5.43 Å². The number of nitrogens with zero attached hydrogens (tertiary/aromatic N) is 1. The molecule has 5 nitrogen and oxygen atoms in total. The summed E-state index contributed by atoms with van der Waals surface area (Å²) in [4.78, 5) is 29.3. The van der Waals surface area contributed by atoms with Gasteiger partial charge < -0.3 is 14.1 Å². The van der Waals surface area contributed by atoms with Crippen molar-refractivity contribution in [2.75, 3.05) is 13.7 Å². The number of hydrogen-bond donors (Lipinski definition) is 0. The highest BCUT2D eigenvalue weighted by Gasteiger charge is 2.42. The lowest BCUT2D eigenvalue weighted by Gasteiger charge is -2.25. The monoisotopic (exact) mass is 481 g/mol. The summed E-state index contributed by atoms with van der Waals surface area (Å²) in [5.74, 6) is 1.10. The van der Waals surface area contributed by atoms with Crippen LogP contribution >= 0.6 is 0 Å². The Bertz CT molecular complexity index is 1500. The van der Waals surface area contributed by atoms with Crippen molar-refractivity contribution >= 4 is 16.9 Å². The molecule has 3 aromatic carbocycles. The SMILES string of the molecule is COc1ccc(CCN2C(=O)c3oc4cc(C)c(C)cc4c(=O)c3[C@@H]2c2ccc(C(C)C)cc2)cc1. The van der Waals surface area contributed by atoms with Crippen molar-refractivity contribution in [1.82, 2.24) is 4.90 Å². The van der Waals surface area contributed by atoms with Gasteiger partial charge in [0, 0.05) is 6.54 Å². The summed E-state index contributed by atoms with van der Waals surface area (Å²) in [5.41, 5.74) is 6.02. The first-order valence-corrected chi connectivity index (χ1v) is 12.4. The van der Waals surface area contributed by atoms with Crippen LogP contribution in [0, 0.1) is 13.8 Å². The number of benzene rings is 3. The molecule has 36 heavy (non-hydrogen) atoms. The summed E-state index contributed by atoms with van der Waals surface area (Å²) in [5, 5.41) is 0.519. The standard InChI is InChI=1S/C31H31NO4/c1-18(2)22-8-10-23(11-9-22)28-27-29(33)25-16-19(3)20(4)17-26(25)36-30(27)31(34)32(28)15-14-21-6-12-24(35-5)13-7-21/h6-13,16-18,28H,14-15H2,1-5H3/t28-/m0/s1. The molecule has 1 atom stereocenters. The molecule has 0 saturated heterocycles. The fraction of sp³-hybridized carbons (Fsp3) is 0.290. The highest BCUT2D eigenvalue weighted by molar-refractivity contribution is 5.99. The molecule has 1 amide bonds.